The largest absolute Gasteiger partial charge is 0.450 e. The number of rotatable bonds is 8. The van der Waals surface area contributed by atoms with Crippen LogP contribution < -0.4 is 5.32 Å². The Balaban J connectivity index is 1.42. The van der Waals surface area contributed by atoms with Crippen molar-refractivity contribution in [1.82, 2.24) is 9.55 Å². The standard InChI is InChI=1S/C23H23Cl2N3O4S/c1-2-30-22(29)27-17-4-6-19(7-5-17)33-13-18-12-31-23(32-18,14-28-10-9-26-15-28)20-8-3-16(24)11-21(20)25/h3-11,15,18H,2,12-14H2,1H3,(H,27,29)/t18-,23+/m0/s1. The second-order valence-corrected chi connectivity index (χ2v) is 9.28. The SMILES string of the molecule is CCOC(=O)Nc1ccc(SC[C@@H]2CO[C@@](Cn3ccnc3)(c3ccc(Cl)cc3Cl)O2)cc1. The lowest BCUT2D eigenvalue weighted by Crippen LogP contribution is -2.34. The maximum absolute atomic E-state index is 11.5. The fourth-order valence-electron chi connectivity index (χ4n) is 3.48. The molecule has 1 aromatic heterocycles. The van der Waals surface area contributed by atoms with Gasteiger partial charge in [-0.05, 0) is 43.3 Å². The lowest BCUT2D eigenvalue weighted by atomic mass is 10.1. The fraction of sp³-hybridized carbons (Fsp3) is 0.304. The zero-order valence-corrected chi connectivity index (χ0v) is 20.2. The van der Waals surface area contributed by atoms with Crippen LogP contribution in [-0.2, 0) is 26.5 Å². The van der Waals surface area contributed by atoms with Gasteiger partial charge in [-0.15, -0.1) is 11.8 Å². The van der Waals surface area contributed by atoms with Gasteiger partial charge in [0.1, 0.15) is 0 Å². The van der Waals surface area contributed by atoms with Gasteiger partial charge in [-0.25, -0.2) is 9.78 Å². The minimum atomic E-state index is -1.04. The third-order valence-corrected chi connectivity index (χ3v) is 6.65. The summed E-state index contributed by atoms with van der Waals surface area (Å²) in [6.45, 7) is 2.92. The van der Waals surface area contributed by atoms with Crippen LogP contribution in [0.1, 0.15) is 12.5 Å². The monoisotopic (exact) mass is 507 g/mol. The van der Waals surface area contributed by atoms with Crippen LogP contribution in [0.4, 0.5) is 10.5 Å². The Kier molecular flexibility index (Phi) is 7.82. The molecule has 1 aliphatic heterocycles. The Morgan fingerprint density at radius 3 is 2.82 bits per heavy atom. The average molecular weight is 508 g/mol. The summed E-state index contributed by atoms with van der Waals surface area (Å²) in [6, 6.07) is 12.9. The minimum absolute atomic E-state index is 0.150. The molecule has 3 aromatic rings. The van der Waals surface area contributed by atoms with Gasteiger partial charge >= 0.3 is 6.09 Å². The highest BCUT2D eigenvalue weighted by molar-refractivity contribution is 7.99. The summed E-state index contributed by atoms with van der Waals surface area (Å²) in [6.07, 6.45) is 4.66. The summed E-state index contributed by atoms with van der Waals surface area (Å²) in [5.74, 6) is -0.359. The summed E-state index contributed by atoms with van der Waals surface area (Å²) in [5, 5.41) is 3.72. The molecule has 0 saturated carbocycles. The molecular weight excluding hydrogens is 485 g/mol. The topological polar surface area (TPSA) is 74.6 Å². The number of hydrogen-bond donors (Lipinski definition) is 1. The van der Waals surface area contributed by atoms with E-state index in [2.05, 4.69) is 10.3 Å². The maximum Gasteiger partial charge on any atom is 0.411 e. The van der Waals surface area contributed by atoms with E-state index in [1.807, 2.05) is 41.1 Å². The molecule has 1 fully saturated rings. The molecule has 1 saturated heterocycles. The van der Waals surface area contributed by atoms with E-state index in [0.717, 1.165) is 10.5 Å². The van der Waals surface area contributed by atoms with Gasteiger partial charge in [0.05, 0.1) is 37.2 Å². The molecule has 33 heavy (non-hydrogen) atoms. The number of thioether (sulfide) groups is 1. The number of imidazole rings is 1. The molecule has 2 aromatic carbocycles. The number of ether oxygens (including phenoxy) is 3. The van der Waals surface area contributed by atoms with Crippen molar-refractivity contribution in [1.29, 1.82) is 0 Å². The number of anilines is 1. The molecule has 10 heteroatoms. The zero-order chi connectivity index (χ0) is 23.3. The number of carbonyl (C=O) groups excluding carboxylic acids is 1. The Hall–Kier alpha value is -2.23. The van der Waals surface area contributed by atoms with Crippen LogP contribution in [0.5, 0.6) is 0 Å². The van der Waals surface area contributed by atoms with Gasteiger partial charge in [0.15, 0.2) is 0 Å². The molecule has 4 rings (SSSR count). The summed E-state index contributed by atoms with van der Waals surface area (Å²) >= 11 is 14.3. The molecule has 2 atom stereocenters. The van der Waals surface area contributed by atoms with E-state index in [1.165, 1.54) is 0 Å². The first-order valence-electron chi connectivity index (χ1n) is 10.4. The quantitative estimate of drug-likeness (QED) is 0.387. The summed E-state index contributed by atoms with van der Waals surface area (Å²) < 4.78 is 19.5. The van der Waals surface area contributed by atoms with Crippen LogP contribution >= 0.6 is 35.0 Å². The second kappa shape index (κ2) is 10.8. The normalized spacial score (nSPS) is 20.0. The van der Waals surface area contributed by atoms with Gasteiger partial charge in [-0.2, -0.15) is 0 Å². The van der Waals surface area contributed by atoms with E-state index in [9.17, 15) is 4.79 Å². The van der Waals surface area contributed by atoms with Gasteiger partial charge in [0.2, 0.25) is 5.79 Å². The van der Waals surface area contributed by atoms with Gasteiger partial charge in [0, 0.05) is 39.3 Å². The number of carbonyl (C=O) groups is 1. The highest BCUT2D eigenvalue weighted by Crippen LogP contribution is 2.41. The predicted molar refractivity (Wildman–Crippen MR) is 129 cm³/mol. The summed E-state index contributed by atoms with van der Waals surface area (Å²) in [7, 11) is 0. The van der Waals surface area contributed by atoms with Crippen molar-refractivity contribution in [3.05, 3.63) is 76.8 Å². The number of benzene rings is 2. The van der Waals surface area contributed by atoms with E-state index in [-0.39, 0.29) is 6.10 Å². The van der Waals surface area contributed by atoms with Gasteiger partial charge in [-0.1, -0.05) is 29.3 Å². The third kappa shape index (κ3) is 6.02. The Bertz CT molecular complexity index is 1080. The fourth-order valence-corrected chi connectivity index (χ4v) is 4.91. The molecule has 7 nitrogen and oxygen atoms in total. The Morgan fingerprint density at radius 2 is 2.12 bits per heavy atom. The van der Waals surface area contributed by atoms with Crippen LogP contribution in [-0.4, -0.2) is 40.7 Å². The summed E-state index contributed by atoms with van der Waals surface area (Å²) in [5.41, 5.74) is 1.40. The molecule has 1 amide bonds. The van der Waals surface area contributed by atoms with Crippen LogP contribution in [0.15, 0.2) is 66.1 Å². The smallest absolute Gasteiger partial charge is 0.411 e. The molecule has 0 unspecified atom stereocenters. The first kappa shape index (κ1) is 23.9. The Labute approximate surface area is 206 Å². The number of hydrogen-bond acceptors (Lipinski definition) is 6. The third-order valence-electron chi connectivity index (χ3n) is 4.96. The number of nitrogens with zero attached hydrogens (tertiary/aromatic N) is 2. The molecule has 1 aliphatic rings. The van der Waals surface area contributed by atoms with Crippen LogP contribution in [0, 0.1) is 0 Å². The minimum Gasteiger partial charge on any atom is -0.450 e. The van der Waals surface area contributed by atoms with Crippen molar-refractivity contribution in [2.24, 2.45) is 0 Å². The Morgan fingerprint density at radius 1 is 1.30 bits per heavy atom. The van der Waals surface area contributed by atoms with Gasteiger partial charge in [-0.3, -0.25) is 5.32 Å². The average Bonchev–Trinajstić information content (AvgIpc) is 3.44. The van der Waals surface area contributed by atoms with Gasteiger partial charge in [0.25, 0.3) is 0 Å². The zero-order valence-electron chi connectivity index (χ0n) is 17.9. The highest BCUT2D eigenvalue weighted by Gasteiger charge is 2.45. The summed E-state index contributed by atoms with van der Waals surface area (Å²) in [4.78, 5) is 16.7. The molecule has 0 aliphatic carbocycles. The van der Waals surface area contributed by atoms with E-state index in [4.69, 9.17) is 37.4 Å². The maximum atomic E-state index is 11.5. The van der Waals surface area contributed by atoms with E-state index in [1.54, 1.807) is 43.3 Å². The number of nitrogens with one attached hydrogen (secondary N) is 1. The first-order valence-corrected chi connectivity index (χ1v) is 12.1. The van der Waals surface area contributed by atoms with Crippen molar-refractivity contribution < 1.29 is 19.0 Å². The molecule has 0 spiro atoms. The first-order chi connectivity index (χ1) is 16.0. The molecule has 174 valence electrons. The number of amides is 1. The highest BCUT2D eigenvalue weighted by atomic mass is 35.5. The van der Waals surface area contributed by atoms with Crippen molar-refractivity contribution >= 4 is 46.7 Å². The van der Waals surface area contributed by atoms with E-state index < -0.39 is 11.9 Å². The van der Waals surface area contributed by atoms with Crippen molar-refractivity contribution in [3.63, 3.8) is 0 Å². The number of halogens is 2. The lowest BCUT2D eigenvalue weighted by Gasteiger charge is -2.30. The van der Waals surface area contributed by atoms with E-state index >= 15 is 0 Å². The number of aromatic nitrogens is 2. The molecule has 1 N–H and O–H groups in total. The lowest BCUT2D eigenvalue weighted by molar-refractivity contribution is -0.184. The molecular formula is C23H23Cl2N3O4S. The molecule has 0 bridgehead atoms. The predicted octanol–water partition coefficient (Wildman–Crippen LogP) is 5.82. The van der Waals surface area contributed by atoms with Crippen LogP contribution in [0.25, 0.3) is 0 Å². The second-order valence-electron chi connectivity index (χ2n) is 7.34. The van der Waals surface area contributed by atoms with Gasteiger partial charge < -0.3 is 18.8 Å². The van der Waals surface area contributed by atoms with Crippen LogP contribution in [0.2, 0.25) is 10.0 Å². The molecule has 0 radical (unpaired) electrons. The van der Waals surface area contributed by atoms with Crippen LogP contribution in [0.3, 0.4) is 0 Å². The molecule has 2 heterocycles. The van der Waals surface area contributed by atoms with Crippen molar-refractivity contribution in [2.45, 2.75) is 30.3 Å². The van der Waals surface area contributed by atoms with Crippen molar-refractivity contribution in [3.8, 4) is 0 Å². The van der Waals surface area contributed by atoms with Crippen molar-refractivity contribution in [2.75, 3.05) is 24.3 Å². The van der Waals surface area contributed by atoms with E-state index in [0.29, 0.717) is 41.2 Å².